The van der Waals surface area contributed by atoms with Gasteiger partial charge in [-0.3, -0.25) is 0 Å². The molecule has 3 rings (SSSR count). The maximum absolute atomic E-state index is 12.1. The zero-order valence-electron chi connectivity index (χ0n) is 15.5. The number of amides is 1. The average Bonchev–Trinajstić information content (AvgIpc) is 3.28. The third-order valence-corrected chi connectivity index (χ3v) is 4.59. The van der Waals surface area contributed by atoms with Gasteiger partial charge in [0.2, 0.25) is 0 Å². The van der Waals surface area contributed by atoms with Crippen LogP contribution in [0.5, 0.6) is 0 Å². The van der Waals surface area contributed by atoms with E-state index in [1.54, 1.807) is 4.90 Å². The first-order chi connectivity index (χ1) is 11.8. The summed E-state index contributed by atoms with van der Waals surface area (Å²) in [6, 6.07) is 6.02. The SMILES string of the molecule is CCOC(=O)c1ccc(C2CN(C(=O)OC(C)(C)C)C2)cc1C1CC1. The van der Waals surface area contributed by atoms with Gasteiger partial charge in [-0.15, -0.1) is 0 Å². The molecule has 1 aliphatic carbocycles. The van der Waals surface area contributed by atoms with Crippen molar-refractivity contribution in [3.05, 3.63) is 34.9 Å². The van der Waals surface area contributed by atoms with Crippen LogP contribution in [-0.2, 0) is 9.47 Å². The van der Waals surface area contributed by atoms with Gasteiger partial charge in [0.05, 0.1) is 12.2 Å². The van der Waals surface area contributed by atoms with Gasteiger partial charge in [-0.2, -0.15) is 0 Å². The van der Waals surface area contributed by atoms with E-state index < -0.39 is 5.60 Å². The number of carbonyl (C=O) groups is 2. The Kier molecular flexibility index (Phi) is 4.76. The molecule has 2 aliphatic rings. The lowest BCUT2D eigenvalue weighted by atomic mass is 9.88. The second-order valence-electron chi connectivity index (χ2n) is 7.92. The third kappa shape index (κ3) is 4.14. The fourth-order valence-electron chi connectivity index (χ4n) is 3.13. The van der Waals surface area contributed by atoms with Gasteiger partial charge < -0.3 is 14.4 Å². The summed E-state index contributed by atoms with van der Waals surface area (Å²) in [6.45, 7) is 9.16. The number of nitrogens with zero attached hydrogens (tertiary/aromatic N) is 1. The van der Waals surface area contributed by atoms with Crippen molar-refractivity contribution < 1.29 is 19.1 Å². The number of benzene rings is 1. The molecule has 0 bridgehead atoms. The first-order valence-corrected chi connectivity index (χ1v) is 9.07. The molecule has 1 amide bonds. The van der Waals surface area contributed by atoms with E-state index in [9.17, 15) is 9.59 Å². The average molecular weight is 345 g/mol. The Morgan fingerprint density at radius 3 is 2.40 bits per heavy atom. The molecule has 0 N–H and O–H groups in total. The van der Waals surface area contributed by atoms with Gasteiger partial charge in [-0.05, 0) is 63.6 Å². The molecule has 1 saturated heterocycles. The van der Waals surface area contributed by atoms with Crippen LogP contribution in [0.2, 0.25) is 0 Å². The summed E-state index contributed by atoms with van der Waals surface area (Å²) < 4.78 is 10.6. The van der Waals surface area contributed by atoms with Crippen LogP contribution >= 0.6 is 0 Å². The van der Waals surface area contributed by atoms with Gasteiger partial charge in [-0.25, -0.2) is 9.59 Å². The molecule has 5 heteroatoms. The fourth-order valence-corrected chi connectivity index (χ4v) is 3.13. The van der Waals surface area contributed by atoms with Crippen molar-refractivity contribution in [2.75, 3.05) is 19.7 Å². The lowest BCUT2D eigenvalue weighted by Crippen LogP contribution is -2.50. The van der Waals surface area contributed by atoms with Gasteiger partial charge >= 0.3 is 12.1 Å². The third-order valence-electron chi connectivity index (χ3n) is 4.59. The van der Waals surface area contributed by atoms with Crippen molar-refractivity contribution in [1.29, 1.82) is 0 Å². The van der Waals surface area contributed by atoms with Crippen molar-refractivity contribution in [1.82, 2.24) is 4.90 Å². The Bertz CT molecular complexity index is 667. The molecular formula is C20H27NO4. The van der Waals surface area contributed by atoms with E-state index in [1.807, 2.05) is 39.8 Å². The summed E-state index contributed by atoms with van der Waals surface area (Å²) in [5.74, 6) is 0.544. The number of carbonyl (C=O) groups excluding carboxylic acids is 2. The Balaban J connectivity index is 1.67. The molecule has 1 aliphatic heterocycles. The molecule has 0 aromatic heterocycles. The zero-order valence-corrected chi connectivity index (χ0v) is 15.5. The standard InChI is InChI=1S/C20H27NO4/c1-5-24-18(22)16-9-8-14(10-17(16)13-6-7-13)15-11-21(12-15)19(23)25-20(2,3)4/h8-10,13,15H,5-7,11-12H2,1-4H3. The minimum Gasteiger partial charge on any atom is -0.462 e. The molecule has 1 aromatic carbocycles. The van der Waals surface area contributed by atoms with Crippen LogP contribution in [0.4, 0.5) is 4.79 Å². The number of esters is 1. The highest BCUT2D eigenvalue weighted by Crippen LogP contribution is 2.43. The first kappa shape index (κ1) is 17.8. The Hall–Kier alpha value is -2.04. The van der Waals surface area contributed by atoms with Crippen LogP contribution in [-0.4, -0.2) is 42.3 Å². The van der Waals surface area contributed by atoms with Crippen LogP contribution in [0.15, 0.2) is 18.2 Å². The lowest BCUT2D eigenvalue weighted by Gasteiger charge is -2.40. The molecule has 25 heavy (non-hydrogen) atoms. The highest BCUT2D eigenvalue weighted by atomic mass is 16.6. The molecule has 0 spiro atoms. The van der Waals surface area contributed by atoms with Gasteiger partial charge in [-0.1, -0.05) is 12.1 Å². The Labute approximate surface area is 149 Å². The second kappa shape index (κ2) is 6.70. The molecule has 0 radical (unpaired) electrons. The molecule has 2 fully saturated rings. The van der Waals surface area contributed by atoms with E-state index in [1.165, 1.54) is 5.56 Å². The monoisotopic (exact) mass is 345 g/mol. The first-order valence-electron chi connectivity index (χ1n) is 9.07. The molecule has 1 saturated carbocycles. The highest BCUT2D eigenvalue weighted by molar-refractivity contribution is 5.91. The normalized spacial score (nSPS) is 17.8. The van der Waals surface area contributed by atoms with Crippen LogP contribution in [0.1, 0.15) is 73.9 Å². The fraction of sp³-hybridized carbons (Fsp3) is 0.600. The molecular weight excluding hydrogens is 318 g/mol. The molecule has 0 unspecified atom stereocenters. The summed E-state index contributed by atoms with van der Waals surface area (Å²) in [5, 5.41) is 0. The predicted octanol–water partition coefficient (Wildman–Crippen LogP) is 4.08. The summed E-state index contributed by atoms with van der Waals surface area (Å²) in [4.78, 5) is 25.9. The van der Waals surface area contributed by atoms with Crippen molar-refractivity contribution >= 4 is 12.1 Å². The topological polar surface area (TPSA) is 55.8 Å². The minimum absolute atomic E-state index is 0.236. The van der Waals surface area contributed by atoms with Gasteiger partial charge in [0.15, 0.2) is 0 Å². The smallest absolute Gasteiger partial charge is 0.410 e. The quantitative estimate of drug-likeness (QED) is 0.772. The van der Waals surface area contributed by atoms with E-state index in [0.29, 0.717) is 37.1 Å². The predicted molar refractivity (Wildman–Crippen MR) is 94.9 cm³/mol. The number of ether oxygens (including phenoxy) is 2. The summed E-state index contributed by atoms with van der Waals surface area (Å²) in [7, 11) is 0. The summed E-state index contributed by atoms with van der Waals surface area (Å²) in [6.07, 6.45) is 2.00. The van der Waals surface area contributed by atoms with E-state index >= 15 is 0 Å². The van der Waals surface area contributed by atoms with E-state index in [4.69, 9.17) is 9.47 Å². The Morgan fingerprint density at radius 2 is 1.84 bits per heavy atom. The molecule has 136 valence electrons. The summed E-state index contributed by atoms with van der Waals surface area (Å²) >= 11 is 0. The zero-order chi connectivity index (χ0) is 18.2. The minimum atomic E-state index is -0.470. The van der Waals surface area contributed by atoms with Gasteiger partial charge in [0.1, 0.15) is 5.60 Å². The Morgan fingerprint density at radius 1 is 1.16 bits per heavy atom. The van der Waals surface area contributed by atoms with Crippen LogP contribution in [0.25, 0.3) is 0 Å². The number of likely N-dealkylation sites (tertiary alicyclic amines) is 1. The summed E-state index contributed by atoms with van der Waals surface area (Å²) in [5.41, 5.74) is 2.51. The van der Waals surface area contributed by atoms with E-state index in [0.717, 1.165) is 18.4 Å². The van der Waals surface area contributed by atoms with Gasteiger partial charge in [0, 0.05) is 19.0 Å². The number of hydrogen-bond donors (Lipinski definition) is 0. The van der Waals surface area contributed by atoms with Crippen molar-refractivity contribution in [2.24, 2.45) is 0 Å². The molecule has 1 aromatic rings. The number of rotatable bonds is 4. The van der Waals surface area contributed by atoms with Crippen molar-refractivity contribution in [2.45, 2.75) is 58.0 Å². The molecule has 5 nitrogen and oxygen atoms in total. The molecule has 0 atom stereocenters. The highest BCUT2D eigenvalue weighted by Gasteiger charge is 2.36. The van der Waals surface area contributed by atoms with Gasteiger partial charge in [0.25, 0.3) is 0 Å². The maximum atomic E-state index is 12.1. The van der Waals surface area contributed by atoms with E-state index in [-0.39, 0.29) is 12.1 Å². The van der Waals surface area contributed by atoms with Crippen LogP contribution in [0, 0.1) is 0 Å². The van der Waals surface area contributed by atoms with E-state index in [2.05, 4.69) is 6.07 Å². The molecule has 1 heterocycles. The van der Waals surface area contributed by atoms with Crippen LogP contribution in [0.3, 0.4) is 0 Å². The number of hydrogen-bond acceptors (Lipinski definition) is 4. The van der Waals surface area contributed by atoms with Crippen LogP contribution < -0.4 is 0 Å². The largest absolute Gasteiger partial charge is 0.462 e. The maximum Gasteiger partial charge on any atom is 0.410 e. The van der Waals surface area contributed by atoms with Crippen molar-refractivity contribution in [3.8, 4) is 0 Å². The second-order valence-corrected chi connectivity index (χ2v) is 7.92. The van der Waals surface area contributed by atoms with Crippen molar-refractivity contribution in [3.63, 3.8) is 0 Å². The lowest BCUT2D eigenvalue weighted by molar-refractivity contribution is 0.00818.